The fourth-order valence-corrected chi connectivity index (χ4v) is 3.35. The first kappa shape index (κ1) is 15.4. The minimum Gasteiger partial charge on any atom is -0.456 e. The molecule has 0 N–H and O–H groups in total. The van der Waals surface area contributed by atoms with Crippen molar-refractivity contribution in [2.24, 2.45) is 0 Å². The summed E-state index contributed by atoms with van der Waals surface area (Å²) in [7, 11) is 0. The van der Waals surface area contributed by atoms with Crippen molar-refractivity contribution >= 4 is 23.0 Å². The molecule has 0 radical (unpaired) electrons. The van der Waals surface area contributed by atoms with E-state index >= 15 is 0 Å². The number of ether oxygens (including phenoxy) is 1. The number of thiophene rings is 1. The second-order valence-corrected chi connectivity index (χ2v) is 6.83. The van der Waals surface area contributed by atoms with Crippen molar-refractivity contribution in [2.75, 3.05) is 0 Å². The Bertz CT molecular complexity index is 956. The van der Waals surface area contributed by atoms with Crippen LogP contribution < -0.4 is 5.56 Å². The van der Waals surface area contributed by atoms with Crippen LogP contribution in [-0.4, -0.2) is 15.4 Å². The van der Waals surface area contributed by atoms with E-state index in [0.717, 1.165) is 15.3 Å². The Labute approximate surface area is 137 Å². The highest BCUT2D eigenvalue weighted by atomic mass is 32.1. The maximum absolute atomic E-state index is 12.1. The maximum Gasteiger partial charge on any atom is 0.339 e. The van der Waals surface area contributed by atoms with Crippen molar-refractivity contribution < 1.29 is 9.53 Å². The molecule has 0 bridgehead atoms. The van der Waals surface area contributed by atoms with E-state index in [1.807, 2.05) is 32.9 Å². The molecule has 118 valence electrons. The number of carbonyl (C=O) groups excluding carboxylic acids is 1. The van der Waals surface area contributed by atoms with E-state index in [1.54, 1.807) is 23.6 Å². The first-order valence-corrected chi connectivity index (χ1v) is 7.99. The molecular formula is C17H16N2O3S. The molecule has 23 heavy (non-hydrogen) atoms. The van der Waals surface area contributed by atoms with Crippen LogP contribution in [0.2, 0.25) is 0 Å². The number of rotatable bonds is 3. The summed E-state index contributed by atoms with van der Waals surface area (Å²) in [5, 5.41) is 0. The second-order valence-electron chi connectivity index (χ2n) is 5.37. The molecule has 3 rings (SSSR count). The second kappa shape index (κ2) is 5.96. The Kier molecular flexibility index (Phi) is 4.00. The van der Waals surface area contributed by atoms with Gasteiger partial charge in [0.25, 0.3) is 5.56 Å². The largest absolute Gasteiger partial charge is 0.456 e. The number of aryl methyl sites for hydroxylation is 3. The fraction of sp³-hybridized carbons (Fsp3) is 0.235. The van der Waals surface area contributed by atoms with Gasteiger partial charge in [0.1, 0.15) is 12.3 Å². The van der Waals surface area contributed by atoms with Crippen LogP contribution in [0.1, 0.15) is 31.4 Å². The summed E-state index contributed by atoms with van der Waals surface area (Å²) in [5.41, 5.74) is 2.30. The van der Waals surface area contributed by atoms with Crippen LogP contribution in [-0.2, 0) is 11.3 Å². The molecule has 0 saturated heterocycles. The van der Waals surface area contributed by atoms with Crippen molar-refractivity contribution in [3.05, 3.63) is 67.4 Å². The SMILES string of the molecule is Cc1cc(C(=O)OCc2cc(=O)n3cccc(C)c3n2)c(C)s1. The third-order valence-corrected chi connectivity index (χ3v) is 4.52. The lowest BCUT2D eigenvalue weighted by molar-refractivity contribution is 0.0467. The van der Waals surface area contributed by atoms with Gasteiger partial charge in [-0.05, 0) is 38.5 Å². The monoisotopic (exact) mass is 328 g/mol. The van der Waals surface area contributed by atoms with Crippen LogP contribution in [0.4, 0.5) is 0 Å². The van der Waals surface area contributed by atoms with Crippen LogP contribution in [0.3, 0.4) is 0 Å². The Morgan fingerprint density at radius 3 is 2.78 bits per heavy atom. The van der Waals surface area contributed by atoms with Gasteiger partial charge in [-0.2, -0.15) is 0 Å². The number of nitrogens with zero attached hydrogens (tertiary/aromatic N) is 2. The lowest BCUT2D eigenvalue weighted by Gasteiger charge is -2.07. The lowest BCUT2D eigenvalue weighted by atomic mass is 10.2. The minimum atomic E-state index is -0.390. The molecule has 0 fully saturated rings. The van der Waals surface area contributed by atoms with Gasteiger partial charge in [-0.3, -0.25) is 9.20 Å². The van der Waals surface area contributed by atoms with E-state index in [-0.39, 0.29) is 12.2 Å². The smallest absolute Gasteiger partial charge is 0.339 e. The molecule has 3 heterocycles. The predicted molar refractivity (Wildman–Crippen MR) is 89.1 cm³/mol. The number of pyridine rings is 1. The van der Waals surface area contributed by atoms with Gasteiger partial charge in [0.15, 0.2) is 0 Å². The van der Waals surface area contributed by atoms with Crippen molar-refractivity contribution in [1.82, 2.24) is 9.38 Å². The molecule has 6 heteroatoms. The van der Waals surface area contributed by atoms with Crippen LogP contribution in [0, 0.1) is 20.8 Å². The van der Waals surface area contributed by atoms with Gasteiger partial charge in [-0.25, -0.2) is 9.78 Å². The van der Waals surface area contributed by atoms with Crippen LogP contribution in [0.5, 0.6) is 0 Å². The Balaban J connectivity index is 1.85. The van der Waals surface area contributed by atoms with Crippen molar-refractivity contribution in [3.63, 3.8) is 0 Å². The third kappa shape index (κ3) is 3.03. The number of hydrogen-bond donors (Lipinski definition) is 0. The molecule has 0 atom stereocenters. The minimum absolute atomic E-state index is 0.0206. The molecule has 0 amide bonds. The molecular weight excluding hydrogens is 312 g/mol. The number of carbonyl (C=O) groups is 1. The summed E-state index contributed by atoms with van der Waals surface area (Å²) < 4.78 is 6.79. The van der Waals surface area contributed by atoms with Gasteiger partial charge in [-0.15, -0.1) is 11.3 Å². The highest BCUT2D eigenvalue weighted by Crippen LogP contribution is 2.21. The highest BCUT2D eigenvalue weighted by Gasteiger charge is 2.14. The summed E-state index contributed by atoms with van der Waals surface area (Å²) in [5.74, 6) is -0.390. The van der Waals surface area contributed by atoms with E-state index in [1.165, 1.54) is 10.5 Å². The summed E-state index contributed by atoms with van der Waals surface area (Å²) in [6, 6.07) is 6.89. The number of aromatic nitrogens is 2. The van der Waals surface area contributed by atoms with Gasteiger partial charge in [0, 0.05) is 22.0 Å². The zero-order valence-corrected chi connectivity index (χ0v) is 13.9. The molecule has 3 aromatic heterocycles. The summed E-state index contributed by atoms with van der Waals surface area (Å²) in [6.45, 7) is 5.70. The first-order valence-electron chi connectivity index (χ1n) is 7.18. The molecule has 0 saturated carbocycles. The van der Waals surface area contributed by atoms with Crippen LogP contribution in [0.15, 0.2) is 35.3 Å². The predicted octanol–water partition coefficient (Wildman–Crippen LogP) is 3.04. The third-order valence-electron chi connectivity index (χ3n) is 3.55. The molecule has 0 aromatic carbocycles. The van der Waals surface area contributed by atoms with Crippen molar-refractivity contribution in [1.29, 1.82) is 0 Å². The molecule has 0 aliphatic rings. The standard InChI is InChI=1S/C17H16N2O3S/c1-10-5-4-6-19-15(20)8-13(18-16(10)19)9-22-17(21)14-7-11(2)23-12(14)3/h4-8H,9H2,1-3H3. The van der Waals surface area contributed by atoms with E-state index in [2.05, 4.69) is 4.98 Å². The fourth-order valence-electron chi connectivity index (χ4n) is 2.43. The Hall–Kier alpha value is -2.47. The van der Waals surface area contributed by atoms with E-state index in [9.17, 15) is 9.59 Å². The molecule has 3 aromatic rings. The first-order chi connectivity index (χ1) is 11.0. The molecule has 0 unspecified atom stereocenters. The highest BCUT2D eigenvalue weighted by molar-refractivity contribution is 7.12. The molecule has 0 aliphatic carbocycles. The lowest BCUT2D eigenvalue weighted by Crippen LogP contribution is -2.17. The Morgan fingerprint density at radius 2 is 2.09 bits per heavy atom. The average Bonchev–Trinajstić information content (AvgIpc) is 2.85. The molecule has 5 nitrogen and oxygen atoms in total. The summed E-state index contributed by atoms with van der Waals surface area (Å²) >= 11 is 1.56. The number of fused-ring (bicyclic) bond motifs is 1. The molecule has 0 aliphatic heterocycles. The van der Waals surface area contributed by atoms with Gasteiger partial charge in [0.05, 0.1) is 11.3 Å². The van der Waals surface area contributed by atoms with Crippen LogP contribution in [0.25, 0.3) is 5.65 Å². The van der Waals surface area contributed by atoms with Gasteiger partial charge in [0.2, 0.25) is 0 Å². The number of esters is 1. The zero-order chi connectivity index (χ0) is 16.6. The molecule has 0 spiro atoms. The maximum atomic E-state index is 12.1. The normalized spacial score (nSPS) is 10.9. The number of hydrogen-bond acceptors (Lipinski definition) is 5. The van der Waals surface area contributed by atoms with Crippen molar-refractivity contribution in [2.45, 2.75) is 27.4 Å². The van der Waals surface area contributed by atoms with Gasteiger partial charge >= 0.3 is 5.97 Å². The topological polar surface area (TPSA) is 60.7 Å². The van der Waals surface area contributed by atoms with Crippen molar-refractivity contribution in [3.8, 4) is 0 Å². The Morgan fingerprint density at radius 1 is 1.30 bits per heavy atom. The van der Waals surface area contributed by atoms with Gasteiger partial charge in [-0.1, -0.05) is 6.07 Å². The zero-order valence-electron chi connectivity index (χ0n) is 13.1. The van der Waals surface area contributed by atoms with Crippen LogP contribution >= 0.6 is 11.3 Å². The van der Waals surface area contributed by atoms with E-state index in [0.29, 0.717) is 16.9 Å². The average molecular weight is 328 g/mol. The summed E-state index contributed by atoms with van der Waals surface area (Å²) in [6.07, 6.45) is 1.67. The van der Waals surface area contributed by atoms with E-state index in [4.69, 9.17) is 4.74 Å². The summed E-state index contributed by atoms with van der Waals surface area (Å²) in [4.78, 5) is 30.7. The van der Waals surface area contributed by atoms with Gasteiger partial charge < -0.3 is 4.74 Å². The quantitative estimate of drug-likeness (QED) is 0.693. The van der Waals surface area contributed by atoms with E-state index < -0.39 is 5.97 Å².